The predicted molar refractivity (Wildman–Crippen MR) is 427 cm³/mol. The number of aliphatic hydroxyl groups is 1. The van der Waals surface area contributed by atoms with Crippen molar-refractivity contribution in [3.8, 4) is 0 Å². The maximum atomic E-state index is 13.1. The van der Waals surface area contributed by atoms with Gasteiger partial charge in [-0.1, -0.05) is 277 Å². The average Bonchev–Trinajstić information content (AvgIpc) is 0.931. The Labute approximate surface area is 631 Å². The van der Waals surface area contributed by atoms with Crippen LogP contribution in [-0.2, 0) is 65.4 Å². The van der Waals surface area contributed by atoms with Crippen LogP contribution in [0, 0.1) is 0 Å². The molecule has 5 atom stereocenters. The first-order chi connectivity index (χ1) is 50.7. The normalized spacial score (nSPS) is 14.6. The molecule has 0 heterocycles. The minimum Gasteiger partial charge on any atom is -0.462 e. The monoisotopic (exact) mass is 1500 g/mol. The Kier molecular flexibility index (Phi) is 72.9. The molecule has 0 amide bonds. The number of carbonyl (C=O) groups excluding carboxylic acids is 4. The second-order valence-corrected chi connectivity index (χ2v) is 29.5. The zero-order chi connectivity index (χ0) is 76.0. The van der Waals surface area contributed by atoms with Crippen LogP contribution in [0.2, 0.25) is 0 Å². The van der Waals surface area contributed by atoms with Gasteiger partial charge in [0.15, 0.2) is 12.2 Å². The maximum Gasteiger partial charge on any atom is 0.472 e. The number of unbranched alkanes of at least 4 members (excludes halogenated alkanes) is 27. The van der Waals surface area contributed by atoms with E-state index in [1.807, 2.05) is 0 Å². The summed E-state index contributed by atoms with van der Waals surface area (Å²) in [5.74, 6) is -2.24. The van der Waals surface area contributed by atoms with Gasteiger partial charge in [-0.3, -0.25) is 37.3 Å². The highest BCUT2D eigenvalue weighted by Gasteiger charge is 2.30. The molecule has 0 aromatic heterocycles. The van der Waals surface area contributed by atoms with Crippen molar-refractivity contribution in [2.24, 2.45) is 0 Å². The highest BCUT2D eigenvalue weighted by Crippen LogP contribution is 2.45. The van der Waals surface area contributed by atoms with E-state index in [0.717, 1.165) is 193 Å². The number of phosphoric acid groups is 2. The largest absolute Gasteiger partial charge is 0.472 e. The maximum absolute atomic E-state index is 13.1. The molecular formula is C85H144O17P2. The van der Waals surface area contributed by atoms with E-state index in [1.165, 1.54) is 51.4 Å². The highest BCUT2D eigenvalue weighted by molar-refractivity contribution is 7.47. The van der Waals surface area contributed by atoms with Gasteiger partial charge in [0.2, 0.25) is 0 Å². The van der Waals surface area contributed by atoms with Crippen molar-refractivity contribution in [1.29, 1.82) is 0 Å². The first-order valence-corrected chi connectivity index (χ1v) is 43.4. The highest BCUT2D eigenvalue weighted by atomic mass is 31.2. The summed E-state index contributed by atoms with van der Waals surface area (Å²) in [6, 6.07) is 0. The van der Waals surface area contributed by atoms with Gasteiger partial charge in [0.25, 0.3) is 0 Å². The SMILES string of the molecule is CC/C=C\C/C=C\C/C=C\C/C=C\C/C=C\CCCCCC(=O)OCC(COP(=O)(O)OCC(O)COP(=O)(O)OCC(COC(=O)CCCCCCCC/C=C\C/C=C\C/C=C\C/C=C\CC)OC(=O)CCCCCCC/C=C\CCCCCCCC)OC(=O)CCCCCCC/C=C\CCCC. The fourth-order valence-electron chi connectivity index (χ4n) is 10.4. The third kappa shape index (κ3) is 75.4. The Hall–Kier alpha value is -4.80. The van der Waals surface area contributed by atoms with Gasteiger partial charge < -0.3 is 33.8 Å². The summed E-state index contributed by atoms with van der Waals surface area (Å²) in [6.07, 6.45) is 85.7. The van der Waals surface area contributed by atoms with Crippen LogP contribution in [0.3, 0.4) is 0 Å². The fourth-order valence-corrected chi connectivity index (χ4v) is 12.0. The minimum absolute atomic E-state index is 0.0738. The van der Waals surface area contributed by atoms with E-state index in [9.17, 15) is 43.2 Å². The molecule has 0 radical (unpaired) electrons. The Morgan fingerprint density at radius 1 is 0.279 bits per heavy atom. The van der Waals surface area contributed by atoms with E-state index in [-0.39, 0.29) is 25.7 Å². The van der Waals surface area contributed by atoms with E-state index in [4.69, 9.17) is 37.0 Å². The van der Waals surface area contributed by atoms with Gasteiger partial charge in [-0.05, 0) is 154 Å². The van der Waals surface area contributed by atoms with Crippen molar-refractivity contribution < 1.29 is 80.2 Å². The molecule has 596 valence electrons. The fraction of sp³-hybridized carbons (Fsp3) is 0.694. The number of hydrogen-bond donors (Lipinski definition) is 3. The molecule has 0 fully saturated rings. The molecule has 0 aliphatic heterocycles. The van der Waals surface area contributed by atoms with Gasteiger partial charge in [0.1, 0.15) is 19.3 Å². The molecule has 0 aliphatic carbocycles. The molecule has 19 heteroatoms. The summed E-state index contributed by atoms with van der Waals surface area (Å²) in [4.78, 5) is 73.0. The van der Waals surface area contributed by atoms with Gasteiger partial charge in [-0.2, -0.15) is 0 Å². The lowest BCUT2D eigenvalue weighted by molar-refractivity contribution is -0.161. The topological polar surface area (TPSA) is 237 Å². The van der Waals surface area contributed by atoms with Crippen LogP contribution >= 0.6 is 15.6 Å². The molecular weight excluding hydrogens is 1350 g/mol. The Balaban J connectivity index is 5.36. The Bertz CT molecular complexity index is 2490. The van der Waals surface area contributed by atoms with E-state index in [1.54, 1.807) is 0 Å². The standard InChI is InChI=1S/C85H144O17P2/c1-5-9-13-17-21-25-29-32-35-37-39-41-44-46-50-53-57-61-65-69-82(87)95-75-80(101-84(89)71-67-63-59-55-49-28-24-20-16-12-8-4)77-99-103(91,92)97-73-79(86)74-98-104(93,94)100-78-81(102-85(90)72-68-64-60-56-52-48-43-34-31-27-23-19-15-11-7-3)76-96-83(88)70-66-62-58-54-51-47-45-42-40-38-36-33-30-26-22-18-14-10-6-2/h9-10,13-14,20-22,24-26,32-36,39-43,46,50,79-81,86H,5-8,11-12,15-19,23,27-31,37-38,44-45,47-49,51-78H2,1-4H3,(H,91,92)(H,93,94)/b13-9-,14-10-,24-20-,25-21-,26-22-,35-32-,36-33-,41-39-,42-40-,43-34-,50-46-. The molecule has 5 unspecified atom stereocenters. The van der Waals surface area contributed by atoms with Crippen molar-refractivity contribution in [1.82, 2.24) is 0 Å². The lowest BCUT2D eigenvalue weighted by atomic mass is 10.1. The first kappa shape index (κ1) is 99.2. The molecule has 104 heavy (non-hydrogen) atoms. The number of aliphatic hydroxyl groups excluding tert-OH is 1. The van der Waals surface area contributed by atoms with Crippen LogP contribution in [0.4, 0.5) is 0 Å². The zero-order valence-corrected chi connectivity index (χ0v) is 66.9. The van der Waals surface area contributed by atoms with Gasteiger partial charge in [0, 0.05) is 25.7 Å². The van der Waals surface area contributed by atoms with E-state index >= 15 is 0 Å². The van der Waals surface area contributed by atoms with Gasteiger partial charge in [-0.25, -0.2) is 9.13 Å². The lowest BCUT2D eigenvalue weighted by Crippen LogP contribution is -2.30. The van der Waals surface area contributed by atoms with Crippen LogP contribution < -0.4 is 0 Å². The molecule has 0 aromatic carbocycles. The number of carbonyl (C=O) groups is 4. The molecule has 3 N–H and O–H groups in total. The van der Waals surface area contributed by atoms with E-state index in [0.29, 0.717) is 25.7 Å². The average molecular weight is 1500 g/mol. The summed E-state index contributed by atoms with van der Waals surface area (Å²) < 4.78 is 68.6. The van der Waals surface area contributed by atoms with E-state index < -0.39 is 97.5 Å². The number of rotatable bonds is 75. The third-order valence-electron chi connectivity index (χ3n) is 16.6. The summed E-state index contributed by atoms with van der Waals surface area (Å²) in [6.45, 7) is 4.55. The molecule has 0 aromatic rings. The smallest absolute Gasteiger partial charge is 0.462 e. The van der Waals surface area contributed by atoms with E-state index in [2.05, 4.69) is 161 Å². The number of hydrogen-bond acceptors (Lipinski definition) is 15. The Morgan fingerprint density at radius 2 is 0.510 bits per heavy atom. The molecule has 0 rings (SSSR count). The zero-order valence-electron chi connectivity index (χ0n) is 65.2. The van der Waals surface area contributed by atoms with Crippen molar-refractivity contribution in [3.05, 3.63) is 134 Å². The molecule has 0 bridgehead atoms. The molecule has 17 nitrogen and oxygen atoms in total. The van der Waals surface area contributed by atoms with Crippen LogP contribution in [-0.4, -0.2) is 96.7 Å². The minimum atomic E-state index is -4.99. The number of ether oxygens (including phenoxy) is 4. The van der Waals surface area contributed by atoms with Crippen LogP contribution in [0.1, 0.15) is 323 Å². The van der Waals surface area contributed by atoms with Crippen LogP contribution in [0.25, 0.3) is 0 Å². The molecule has 0 saturated heterocycles. The summed E-state index contributed by atoms with van der Waals surface area (Å²) in [5, 5.41) is 10.6. The quantitative estimate of drug-likeness (QED) is 0.0169. The molecule has 0 aliphatic rings. The molecule has 0 spiro atoms. The number of allylic oxidation sites excluding steroid dienone is 22. The van der Waals surface area contributed by atoms with Gasteiger partial charge in [0.05, 0.1) is 26.4 Å². The van der Waals surface area contributed by atoms with Crippen molar-refractivity contribution in [2.75, 3.05) is 39.6 Å². The predicted octanol–water partition coefficient (Wildman–Crippen LogP) is 23.7. The molecule has 0 saturated carbocycles. The number of phosphoric ester groups is 2. The van der Waals surface area contributed by atoms with Crippen LogP contribution in [0.5, 0.6) is 0 Å². The second-order valence-electron chi connectivity index (χ2n) is 26.6. The Morgan fingerprint density at radius 3 is 0.817 bits per heavy atom. The second kappa shape index (κ2) is 76.4. The summed E-state index contributed by atoms with van der Waals surface area (Å²) in [5.41, 5.74) is 0. The number of esters is 4. The first-order valence-electron chi connectivity index (χ1n) is 40.4. The van der Waals surface area contributed by atoms with Crippen LogP contribution in [0.15, 0.2) is 134 Å². The third-order valence-corrected chi connectivity index (χ3v) is 18.5. The van der Waals surface area contributed by atoms with Crippen molar-refractivity contribution in [2.45, 2.75) is 341 Å². The lowest BCUT2D eigenvalue weighted by Gasteiger charge is -2.21. The van der Waals surface area contributed by atoms with Crippen molar-refractivity contribution >= 4 is 39.5 Å². The van der Waals surface area contributed by atoms with Gasteiger partial charge in [-0.15, -0.1) is 0 Å². The van der Waals surface area contributed by atoms with Gasteiger partial charge >= 0.3 is 39.5 Å². The summed E-state index contributed by atoms with van der Waals surface area (Å²) in [7, 11) is -9.98. The summed E-state index contributed by atoms with van der Waals surface area (Å²) >= 11 is 0. The van der Waals surface area contributed by atoms with Crippen molar-refractivity contribution in [3.63, 3.8) is 0 Å².